The number of hydrogen-bond donors (Lipinski definition) is 3. The van der Waals surface area contributed by atoms with Crippen LogP contribution >= 0.6 is 0 Å². The first-order valence-electron chi connectivity index (χ1n) is 6.30. The number of nitrogens with one attached hydrogen (secondary N) is 1. The lowest BCUT2D eigenvalue weighted by Gasteiger charge is -2.36. The lowest BCUT2D eigenvalue weighted by molar-refractivity contribution is 0.0876. The van der Waals surface area contributed by atoms with Gasteiger partial charge in [0, 0.05) is 0 Å². The largest absolute Gasteiger partial charge is 0.438 e. The van der Waals surface area contributed by atoms with E-state index < -0.39 is 5.54 Å². The molecule has 2 rings (SSSR count). The number of carbonyl (C=O) groups is 1. The van der Waals surface area contributed by atoms with Gasteiger partial charge in [-0.2, -0.15) is 0 Å². The molecule has 1 fully saturated rings. The smallest absolute Gasteiger partial charge is 0.289 e. The molecular weight excluding hydrogens is 248 g/mol. The fourth-order valence-corrected chi connectivity index (χ4v) is 2.49. The lowest BCUT2D eigenvalue weighted by atomic mass is 9.80. The van der Waals surface area contributed by atoms with Gasteiger partial charge in [0.05, 0.1) is 5.69 Å². The van der Waals surface area contributed by atoms with E-state index >= 15 is 0 Å². The number of oxazole rings is 1. The first-order chi connectivity index (χ1) is 9.09. The molecule has 1 saturated carbocycles. The number of aryl methyl sites for hydroxylation is 1. The number of amidine groups is 1. The van der Waals surface area contributed by atoms with Crippen LogP contribution < -0.4 is 11.1 Å². The number of carbonyl (C=O) groups excluding carboxylic acids is 1. The maximum absolute atomic E-state index is 12.2. The van der Waals surface area contributed by atoms with Crippen LogP contribution in [0.4, 0.5) is 0 Å². The SMILES string of the molecule is Cc1ncoc1C(=O)NC1(C(N)=NO)CCCCC1. The summed E-state index contributed by atoms with van der Waals surface area (Å²) < 4.78 is 5.06. The molecule has 4 N–H and O–H groups in total. The van der Waals surface area contributed by atoms with Crippen LogP contribution in [0.2, 0.25) is 0 Å². The van der Waals surface area contributed by atoms with E-state index in [1.807, 2.05) is 0 Å². The van der Waals surface area contributed by atoms with Crippen molar-refractivity contribution < 1.29 is 14.4 Å². The van der Waals surface area contributed by atoms with Crippen LogP contribution in [0.1, 0.15) is 48.4 Å². The van der Waals surface area contributed by atoms with Gasteiger partial charge in [-0.1, -0.05) is 24.4 Å². The maximum Gasteiger partial charge on any atom is 0.289 e. The molecule has 0 atom stereocenters. The van der Waals surface area contributed by atoms with Crippen LogP contribution in [0.5, 0.6) is 0 Å². The third kappa shape index (κ3) is 2.54. The standard InChI is InChI=1S/C12H18N4O3/c1-8-9(19-7-14-8)10(17)15-12(11(13)16-18)5-3-2-4-6-12/h7,18H,2-6H2,1H3,(H2,13,16)(H,15,17). The van der Waals surface area contributed by atoms with Crippen molar-refractivity contribution in [2.45, 2.75) is 44.6 Å². The van der Waals surface area contributed by atoms with E-state index in [9.17, 15) is 4.79 Å². The van der Waals surface area contributed by atoms with Crippen LogP contribution in [0, 0.1) is 6.92 Å². The molecule has 7 nitrogen and oxygen atoms in total. The van der Waals surface area contributed by atoms with Crippen LogP contribution in [-0.4, -0.2) is 27.5 Å². The third-order valence-corrected chi connectivity index (χ3v) is 3.61. The lowest BCUT2D eigenvalue weighted by Crippen LogP contribution is -2.58. The third-order valence-electron chi connectivity index (χ3n) is 3.61. The van der Waals surface area contributed by atoms with Crippen molar-refractivity contribution in [1.29, 1.82) is 0 Å². The van der Waals surface area contributed by atoms with Crippen molar-refractivity contribution in [2.24, 2.45) is 10.9 Å². The first kappa shape index (κ1) is 13.4. The number of aromatic nitrogens is 1. The van der Waals surface area contributed by atoms with Gasteiger partial charge in [0.2, 0.25) is 5.76 Å². The zero-order valence-electron chi connectivity index (χ0n) is 10.8. The predicted molar refractivity (Wildman–Crippen MR) is 67.9 cm³/mol. The summed E-state index contributed by atoms with van der Waals surface area (Å²) in [6.45, 7) is 1.69. The molecule has 1 heterocycles. The van der Waals surface area contributed by atoms with Crippen LogP contribution in [0.3, 0.4) is 0 Å². The highest BCUT2D eigenvalue weighted by Crippen LogP contribution is 2.29. The Kier molecular flexibility index (Phi) is 3.73. The van der Waals surface area contributed by atoms with E-state index in [0.717, 1.165) is 19.3 Å². The predicted octanol–water partition coefficient (Wildman–Crippen LogP) is 1.16. The molecule has 0 bridgehead atoms. The average molecular weight is 266 g/mol. The average Bonchev–Trinajstić information content (AvgIpc) is 2.85. The van der Waals surface area contributed by atoms with Crippen LogP contribution in [0.15, 0.2) is 16.0 Å². The zero-order chi connectivity index (χ0) is 13.9. The summed E-state index contributed by atoms with van der Waals surface area (Å²) in [6, 6.07) is 0. The minimum absolute atomic E-state index is 0.0396. The van der Waals surface area contributed by atoms with Crippen molar-refractivity contribution >= 4 is 11.7 Å². The van der Waals surface area contributed by atoms with E-state index in [1.54, 1.807) is 6.92 Å². The number of amides is 1. The molecule has 1 amide bonds. The molecule has 0 saturated heterocycles. The Balaban J connectivity index is 2.21. The summed E-state index contributed by atoms with van der Waals surface area (Å²) in [7, 11) is 0. The molecule has 0 aliphatic heterocycles. The van der Waals surface area contributed by atoms with Gasteiger partial charge in [-0.3, -0.25) is 4.79 Å². The second kappa shape index (κ2) is 5.29. The summed E-state index contributed by atoms with van der Waals surface area (Å²) in [5.74, 6) is -0.183. The molecule has 0 aromatic carbocycles. The summed E-state index contributed by atoms with van der Waals surface area (Å²) >= 11 is 0. The summed E-state index contributed by atoms with van der Waals surface area (Å²) in [4.78, 5) is 16.1. The van der Waals surface area contributed by atoms with Crippen molar-refractivity contribution in [3.63, 3.8) is 0 Å². The molecule has 19 heavy (non-hydrogen) atoms. The fraction of sp³-hybridized carbons (Fsp3) is 0.583. The van der Waals surface area contributed by atoms with E-state index in [0.29, 0.717) is 18.5 Å². The molecule has 0 radical (unpaired) electrons. The molecule has 1 aliphatic rings. The van der Waals surface area contributed by atoms with Gasteiger partial charge in [-0.05, 0) is 19.8 Å². The molecule has 1 aromatic rings. The quantitative estimate of drug-likeness (QED) is 0.329. The monoisotopic (exact) mass is 266 g/mol. The molecule has 1 aliphatic carbocycles. The number of oxime groups is 1. The minimum atomic E-state index is -0.788. The van der Waals surface area contributed by atoms with Gasteiger partial charge in [0.1, 0.15) is 5.54 Å². The van der Waals surface area contributed by atoms with Crippen molar-refractivity contribution in [3.8, 4) is 0 Å². The highest BCUT2D eigenvalue weighted by molar-refractivity contribution is 5.99. The van der Waals surface area contributed by atoms with E-state index in [2.05, 4.69) is 15.5 Å². The van der Waals surface area contributed by atoms with Gasteiger partial charge in [0.25, 0.3) is 5.91 Å². The van der Waals surface area contributed by atoms with E-state index in [4.69, 9.17) is 15.4 Å². The van der Waals surface area contributed by atoms with Gasteiger partial charge < -0.3 is 20.7 Å². The Morgan fingerprint density at radius 3 is 2.74 bits per heavy atom. The number of nitrogens with zero attached hydrogens (tertiary/aromatic N) is 2. The summed E-state index contributed by atoms with van der Waals surface area (Å²) in [5.41, 5.74) is 5.49. The summed E-state index contributed by atoms with van der Waals surface area (Å²) in [5, 5.41) is 14.8. The Hall–Kier alpha value is -2.05. The van der Waals surface area contributed by atoms with Gasteiger partial charge in [-0.25, -0.2) is 4.98 Å². The number of nitrogens with two attached hydrogens (primary N) is 1. The Bertz CT molecular complexity index is 489. The Labute approximate surface area is 110 Å². The molecule has 7 heteroatoms. The Morgan fingerprint density at radius 2 is 2.21 bits per heavy atom. The van der Waals surface area contributed by atoms with E-state index in [-0.39, 0.29) is 17.5 Å². The topological polar surface area (TPSA) is 114 Å². The van der Waals surface area contributed by atoms with Crippen LogP contribution in [-0.2, 0) is 0 Å². The molecule has 0 spiro atoms. The normalized spacial score (nSPS) is 19.1. The number of rotatable bonds is 3. The maximum atomic E-state index is 12.2. The van der Waals surface area contributed by atoms with Crippen molar-refractivity contribution in [3.05, 3.63) is 17.8 Å². The second-order valence-corrected chi connectivity index (χ2v) is 4.85. The summed E-state index contributed by atoms with van der Waals surface area (Å²) in [6.07, 6.45) is 5.46. The molecule has 0 unspecified atom stereocenters. The highest BCUT2D eigenvalue weighted by Gasteiger charge is 2.39. The van der Waals surface area contributed by atoms with Gasteiger partial charge >= 0.3 is 0 Å². The molecule has 104 valence electrons. The van der Waals surface area contributed by atoms with Gasteiger partial charge in [0.15, 0.2) is 12.2 Å². The zero-order valence-corrected chi connectivity index (χ0v) is 10.8. The Morgan fingerprint density at radius 1 is 1.53 bits per heavy atom. The molecular formula is C12H18N4O3. The van der Waals surface area contributed by atoms with Gasteiger partial charge in [-0.15, -0.1) is 0 Å². The van der Waals surface area contributed by atoms with Crippen molar-refractivity contribution in [1.82, 2.24) is 10.3 Å². The second-order valence-electron chi connectivity index (χ2n) is 4.85. The van der Waals surface area contributed by atoms with E-state index in [1.165, 1.54) is 6.39 Å². The first-order valence-corrected chi connectivity index (χ1v) is 6.30. The minimum Gasteiger partial charge on any atom is -0.438 e. The fourth-order valence-electron chi connectivity index (χ4n) is 2.49. The van der Waals surface area contributed by atoms with Crippen LogP contribution in [0.25, 0.3) is 0 Å². The van der Waals surface area contributed by atoms with Crippen molar-refractivity contribution in [2.75, 3.05) is 0 Å². The number of hydrogen-bond acceptors (Lipinski definition) is 5. The molecule has 1 aromatic heterocycles. The highest BCUT2D eigenvalue weighted by atomic mass is 16.4.